The molecule has 1 fully saturated rings. The highest BCUT2D eigenvalue weighted by molar-refractivity contribution is 6.33. The first kappa shape index (κ1) is 12.4. The molecule has 1 aliphatic rings. The average molecular weight is 253 g/mol. The maximum absolute atomic E-state index is 11.9. The van der Waals surface area contributed by atoms with Gasteiger partial charge < -0.3 is 5.32 Å². The van der Waals surface area contributed by atoms with Crippen molar-refractivity contribution in [3.05, 3.63) is 29.0 Å². The number of carbonyl (C=O) groups excluding carboxylic acids is 1. The van der Waals surface area contributed by atoms with Gasteiger partial charge in [0.15, 0.2) is 0 Å². The van der Waals surface area contributed by atoms with Crippen LogP contribution in [-0.4, -0.2) is 17.4 Å². The van der Waals surface area contributed by atoms with Gasteiger partial charge in [-0.05, 0) is 30.2 Å². The van der Waals surface area contributed by atoms with Gasteiger partial charge in [-0.1, -0.05) is 25.4 Å². The molecule has 1 aromatic rings. The number of hydrogen-bond donors (Lipinski definition) is 1. The molecule has 0 aliphatic heterocycles. The molecule has 1 aromatic heterocycles. The minimum absolute atomic E-state index is 0.107. The maximum Gasteiger partial charge on any atom is 0.252 e. The Balaban J connectivity index is 1.97. The minimum atomic E-state index is -0.107. The summed E-state index contributed by atoms with van der Waals surface area (Å²) in [5.41, 5.74) is 0.816. The number of halogens is 1. The van der Waals surface area contributed by atoms with Gasteiger partial charge in [0, 0.05) is 18.9 Å². The molecule has 0 radical (unpaired) electrons. The van der Waals surface area contributed by atoms with Crippen LogP contribution in [0.4, 0.5) is 0 Å². The van der Waals surface area contributed by atoms with E-state index in [1.54, 1.807) is 12.3 Å². The zero-order valence-corrected chi connectivity index (χ0v) is 10.9. The lowest BCUT2D eigenvalue weighted by Gasteiger charge is -2.20. The van der Waals surface area contributed by atoms with Crippen LogP contribution in [0.15, 0.2) is 18.5 Å². The second-order valence-corrected chi connectivity index (χ2v) is 5.46. The fourth-order valence-corrected chi connectivity index (χ4v) is 2.23. The largest absolute Gasteiger partial charge is 0.351 e. The standard InChI is InChI=1S/C13H17ClN2O/c1-9(2)13(4-5-13)8-16-12(17)10-3-6-15-7-11(10)14/h3,6-7,9H,4-5,8H2,1-2H3,(H,16,17). The Bertz CT molecular complexity index is 427. The number of pyridine rings is 1. The van der Waals surface area contributed by atoms with Gasteiger partial charge in [0.25, 0.3) is 5.91 Å². The molecule has 0 atom stereocenters. The molecule has 1 heterocycles. The highest BCUT2D eigenvalue weighted by atomic mass is 35.5. The number of aromatic nitrogens is 1. The summed E-state index contributed by atoms with van der Waals surface area (Å²) in [6.07, 6.45) is 5.48. The van der Waals surface area contributed by atoms with Crippen LogP contribution in [0.25, 0.3) is 0 Å². The average Bonchev–Trinajstić information content (AvgIpc) is 3.07. The molecule has 3 nitrogen and oxygen atoms in total. The molecule has 1 aliphatic carbocycles. The van der Waals surface area contributed by atoms with Gasteiger partial charge in [-0.25, -0.2) is 0 Å². The van der Waals surface area contributed by atoms with Gasteiger partial charge in [-0.3, -0.25) is 9.78 Å². The predicted octanol–water partition coefficient (Wildman–Crippen LogP) is 2.90. The molecule has 0 unspecified atom stereocenters. The highest BCUT2D eigenvalue weighted by Crippen LogP contribution is 2.51. The van der Waals surface area contributed by atoms with Crippen molar-refractivity contribution in [3.63, 3.8) is 0 Å². The van der Waals surface area contributed by atoms with Crippen molar-refractivity contribution in [2.75, 3.05) is 6.54 Å². The SMILES string of the molecule is CC(C)C1(CNC(=O)c2ccncc2Cl)CC1. The second-order valence-electron chi connectivity index (χ2n) is 5.06. The van der Waals surface area contributed by atoms with Crippen LogP contribution >= 0.6 is 11.6 Å². The highest BCUT2D eigenvalue weighted by Gasteiger charge is 2.45. The summed E-state index contributed by atoms with van der Waals surface area (Å²) in [7, 11) is 0. The number of carbonyl (C=O) groups is 1. The summed E-state index contributed by atoms with van der Waals surface area (Å²) in [5, 5.41) is 3.37. The van der Waals surface area contributed by atoms with E-state index in [2.05, 4.69) is 24.1 Å². The number of rotatable bonds is 4. The van der Waals surface area contributed by atoms with Gasteiger partial charge >= 0.3 is 0 Å². The molecular formula is C13H17ClN2O. The lowest BCUT2D eigenvalue weighted by Crippen LogP contribution is -2.32. The Morgan fingerprint density at radius 3 is 2.82 bits per heavy atom. The molecule has 0 spiro atoms. The van der Waals surface area contributed by atoms with Gasteiger partial charge in [-0.2, -0.15) is 0 Å². The molecule has 1 N–H and O–H groups in total. The molecule has 17 heavy (non-hydrogen) atoms. The summed E-state index contributed by atoms with van der Waals surface area (Å²) in [5.74, 6) is 0.500. The predicted molar refractivity (Wildman–Crippen MR) is 68.1 cm³/mol. The van der Waals surface area contributed by atoms with Crippen molar-refractivity contribution in [2.45, 2.75) is 26.7 Å². The Morgan fingerprint density at radius 2 is 2.29 bits per heavy atom. The number of amides is 1. The molecule has 0 saturated heterocycles. The minimum Gasteiger partial charge on any atom is -0.351 e. The van der Waals surface area contributed by atoms with E-state index in [0.717, 1.165) is 6.54 Å². The Kier molecular flexibility index (Phi) is 3.38. The third-order valence-electron chi connectivity index (χ3n) is 3.74. The first-order chi connectivity index (χ1) is 8.05. The molecule has 2 rings (SSSR count). The van der Waals surface area contributed by atoms with E-state index in [9.17, 15) is 4.79 Å². The fourth-order valence-electron chi connectivity index (χ4n) is 2.03. The Labute approximate surface area is 107 Å². The third-order valence-corrected chi connectivity index (χ3v) is 4.04. The molecule has 1 saturated carbocycles. The quantitative estimate of drug-likeness (QED) is 0.895. The number of nitrogens with zero attached hydrogens (tertiary/aromatic N) is 1. The van der Waals surface area contributed by atoms with E-state index in [1.165, 1.54) is 19.0 Å². The molecule has 1 amide bonds. The fraction of sp³-hybridized carbons (Fsp3) is 0.538. The Hall–Kier alpha value is -1.09. The van der Waals surface area contributed by atoms with Gasteiger partial charge in [0.05, 0.1) is 10.6 Å². The third kappa shape index (κ3) is 2.60. The van der Waals surface area contributed by atoms with Crippen LogP contribution in [0.2, 0.25) is 5.02 Å². The lowest BCUT2D eigenvalue weighted by molar-refractivity contribution is 0.0940. The normalized spacial score (nSPS) is 16.9. The van der Waals surface area contributed by atoms with E-state index < -0.39 is 0 Å². The number of nitrogens with one attached hydrogen (secondary N) is 1. The van der Waals surface area contributed by atoms with Gasteiger partial charge in [0.1, 0.15) is 0 Å². The topological polar surface area (TPSA) is 42.0 Å². The summed E-state index contributed by atoms with van der Waals surface area (Å²) in [6, 6.07) is 1.65. The monoisotopic (exact) mass is 252 g/mol. The Morgan fingerprint density at radius 1 is 1.59 bits per heavy atom. The van der Waals surface area contributed by atoms with Crippen LogP contribution in [0.1, 0.15) is 37.0 Å². The van der Waals surface area contributed by atoms with Crippen molar-refractivity contribution in [1.82, 2.24) is 10.3 Å². The maximum atomic E-state index is 11.9. The van der Waals surface area contributed by atoms with Crippen molar-refractivity contribution in [1.29, 1.82) is 0 Å². The number of hydrogen-bond acceptors (Lipinski definition) is 2. The van der Waals surface area contributed by atoms with E-state index in [4.69, 9.17) is 11.6 Å². The van der Waals surface area contributed by atoms with Crippen LogP contribution in [0.5, 0.6) is 0 Å². The van der Waals surface area contributed by atoms with Gasteiger partial charge in [-0.15, -0.1) is 0 Å². The smallest absolute Gasteiger partial charge is 0.252 e. The molecule has 0 bridgehead atoms. The zero-order chi connectivity index (χ0) is 12.5. The molecule has 0 aromatic carbocycles. The van der Waals surface area contributed by atoms with E-state index in [1.807, 2.05) is 0 Å². The van der Waals surface area contributed by atoms with Crippen molar-refractivity contribution < 1.29 is 4.79 Å². The summed E-state index contributed by atoms with van der Waals surface area (Å²) in [6.45, 7) is 5.15. The van der Waals surface area contributed by atoms with Crippen molar-refractivity contribution >= 4 is 17.5 Å². The second kappa shape index (κ2) is 4.65. The molecule has 4 heteroatoms. The molecular weight excluding hydrogens is 236 g/mol. The van der Waals surface area contributed by atoms with Crippen LogP contribution in [0, 0.1) is 11.3 Å². The van der Waals surface area contributed by atoms with E-state index >= 15 is 0 Å². The summed E-state index contributed by atoms with van der Waals surface area (Å²) >= 11 is 5.92. The van der Waals surface area contributed by atoms with Crippen molar-refractivity contribution in [3.8, 4) is 0 Å². The van der Waals surface area contributed by atoms with E-state index in [-0.39, 0.29) is 5.91 Å². The van der Waals surface area contributed by atoms with E-state index in [0.29, 0.717) is 21.9 Å². The van der Waals surface area contributed by atoms with Crippen LogP contribution in [-0.2, 0) is 0 Å². The lowest BCUT2D eigenvalue weighted by atomic mass is 9.92. The zero-order valence-electron chi connectivity index (χ0n) is 10.2. The van der Waals surface area contributed by atoms with Gasteiger partial charge in [0.2, 0.25) is 0 Å². The summed E-state index contributed by atoms with van der Waals surface area (Å²) < 4.78 is 0. The first-order valence-electron chi connectivity index (χ1n) is 5.93. The van der Waals surface area contributed by atoms with Crippen LogP contribution < -0.4 is 5.32 Å². The summed E-state index contributed by atoms with van der Waals surface area (Å²) in [4.78, 5) is 15.8. The molecule has 92 valence electrons. The van der Waals surface area contributed by atoms with Crippen LogP contribution in [0.3, 0.4) is 0 Å². The first-order valence-corrected chi connectivity index (χ1v) is 6.31. The van der Waals surface area contributed by atoms with Crippen molar-refractivity contribution in [2.24, 2.45) is 11.3 Å².